The fraction of sp³-hybridized carbons (Fsp3) is 0.0625. The lowest BCUT2D eigenvalue weighted by atomic mass is 10.3. The predicted molar refractivity (Wildman–Crippen MR) is 100 cm³/mol. The third kappa shape index (κ3) is 3.84. The molecule has 0 saturated heterocycles. The molecule has 3 rings (SSSR count). The Balaban J connectivity index is 1.72. The molecular weight excluding hydrogens is 430 g/mol. The highest BCUT2D eigenvalue weighted by Crippen LogP contribution is 2.24. The number of hydrogen-bond donors (Lipinski definition) is 1. The minimum absolute atomic E-state index is 0.0325. The maximum Gasteiger partial charge on any atom is 0.242 e. The van der Waals surface area contributed by atoms with Crippen molar-refractivity contribution in [1.82, 2.24) is 4.72 Å². The van der Waals surface area contributed by atoms with Crippen LogP contribution in [0.5, 0.6) is 0 Å². The van der Waals surface area contributed by atoms with Crippen LogP contribution in [0.15, 0.2) is 63.3 Å². The van der Waals surface area contributed by atoms with E-state index in [2.05, 4.69) is 20.7 Å². The summed E-state index contributed by atoms with van der Waals surface area (Å²) in [6, 6.07) is 13.8. The normalized spacial score (nSPS) is 11.5. The Labute approximate surface area is 156 Å². The second-order valence-corrected chi connectivity index (χ2v) is 9.53. The lowest BCUT2D eigenvalue weighted by molar-refractivity contribution is 0.104. The van der Waals surface area contributed by atoms with Crippen LogP contribution in [0.25, 0.3) is 0 Å². The SMILES string of the molecule is O=C(c1cccs1)c1ccc(CNS(=O)(=O)c2ccccc2Br)s1. The summed E-state index contributed by atoms with van der Waals surface area (Å²) in [6.45, 7) is 0.145. The molecule has 0 amide bonds. The molecule has 1 aromatic carbocycles. The van der Waals surface area contributed by atoms with Gasteiger partial charge in [0.25, 0.3) is 0 Å². The summed E-state index contributed by atoms with van der Waals surface area (Å²) in [5.41, 5.74) is 0. The van der Waals surface area contributed by atoms with Crippen molar-refractivity contribution in [2.24, 2.45) is 0 Å². The first-order valence-electron chi connectivity index (χ1n) is 6.88. The number of benzene rings is 1. The molecule has 0 spiro atoms. The largest absolute Gasteiger partial charge is 0.287 e. The van der Waals surface area contributed by atoms with Gasteiger partial charge >= 0.3 is 0 Å². The van der Waals surface area contributed by atoms with E-state index in [9.17, 15) is 13.2 Å². The first-order chi connectivity index (χ1) is 11.5. The molecule has 0 unspecified atom stereocenters. The van der Waals surface area contributed by atoms with Crippen molar-refractivity contribution in [2.75, 3.05) is 0 Å². The number of nitrogens with one attached hydrogen (secondary N) is 1. The van der Waals surface area contributed by atoms with Crippen LogP contribution in [0.3, 0.4) is 0 Å². The molecule has 3 aromatic rings. The lowest BCUT2D eigenvalue weighted by Gasteiger charge is -2.07. The molecule has 0 aliphatic heterocycles. The fourth-order valence-corrected chi connectivity index (χ4v) is 5.77. The number of thiophene rings is 2. The van der Waals surface area contributed by atoms with Crippen LogP contribution in [0.1, 0.15) is 19.4 Å². The Hall–Kier alpha value is -1.32. The highest BCUT2D eigenvalue weighted by atomic mass is 79.9. The van der Waals surface area contributed by atoms with Gasteiger partial charge in [-0.1, -0.05) is 18.2 Å². The number of sulfonamides is 1. The summed E-state index contributed by atoms with van der Waals surface area (Å²) in [4.78, 5) is 14.5. The van der Waals surface area contributed by atoms with E-state index in [-0.39, 0.29) is 17.2 Å². The Morgan fingerprint density at radius 2 is 1.83 bits per heavy atom. The second kappa shape index (κ2) is 7.28. The average molecular weight is 442 g/mol. The molecule has 0 aliphatic carbocycles. The van der Waals surface area contributed by atoms with Crippen molar-refractivity contribution in [1.29, 1.82) is 0 Å². The Kier molecular flexibility index (Phi) is 5.31. The van der Waals surface area contributed by atoms with Gasteiger partial charge in [0, 0.05) is 15.9 Å². The highest BCUT2D eigenvalue weighted by Gasteiger charge is 2.18. The van der Waals surface area contributed by atoms with Gasteiger partial charge < -0.3 is 0 Å². The zero-order chi connectivity index (χ0) is 17.2. The van der Waals surface area contributed by atoms with Crippen LogP contribution < -0.4 is 4.72 Å². The molecule has 0 atom stereocenters. The van der Waals surface area contributed by atoms with Gasteiger partial charge in [0.15, 0.2) is 0 Å². The second-order valence-electron chi connectivity index (χ2n) is 4.83. The van der Waals surface area contributed by atoms with E-state index in [1.54, 1.807) is 36.4 Å². The van der Waals surface area contributed by atoms with Crippen molar-refractivity contribution >= 4 is 54.4 Å². The molecule has 124 valence electrons. The molecule has 4 nitrogen and oxygen atoms in total. The van der Waals surface area contributed by atoms with E-state index < -0.39 is 10.0 Å². The van der Waals surface area contributed by atoms with Crippen LogP contribution in [-0.4, -0.2) is 14.2 Å². The standard InChI is InChI=1S/C16H12BrNO3S3/c17-12-4-1-2-6-15(12)24(20,21)18-10-11-7-8-14(23-11)16(19)13-5-3-9-22-13/h1-9,18H,10H2. The van der Waals surface area contributed by atoms with Crippen LogP contribution in [0, 0.1) is 0 Å². The molecule has 1 N–H and O–H groups in total. The molecule has 2 aromatic heterocycles. The zero-order valence-corrected chi connectivity index (χ0v) is 16.3. The lowest BCUT2D eigenvalue weighted by Crippen LogP contribution is -2.23. The number of halogens is 1. The molecule has 0 aliphatic rings. The molecule has 0 radical (unpaired) electrons. The van der Waals surface area contributed by atoms with E-state index in [1.165, 1.54) is 28.7 Å². The van der Waals surface area contributed by atoms with Crippen LogP contribution in [-0.2, 0) is 16.6 Å². The minimum atomic E-state index is -3.62. The predicted octanol–water partition coefficient (Wildman–Crippen LogP) is 4.28. The fourth-order valence-electron chi connectivity index (χ4n) is 2.03. The summed E-state index contributed by atoms with van der Waals surface area (Å²) in [5, 5.41) is 1.85. The minimum Gasteiger partial charge on any atom is -0.287 e. The van der Waals surface area contributed by atoms with Crippen molar-refractivity contribution in [3.63, 3.8) is 0 Å². The number of carbonyl (C=O) groups is 1. The van der Waals surface area contributed by atoms with Crippen molar-refractivity contribution in [2.45, 2.75) is 11.4 Å². The molecular formula is C16H12BrNO3S3. The molecule has 0 fully saturated rings. The van der Waals surface area contributed by atoms with Crippen molar-refractivity contribution in [3.05, 3.63) is 73.0 Å². The van der Waals surface area contributed by atoms with Gasteiger partial charge in [0.2, 0.25) is 15.8 Å². The van der Waals surface area contributed by atoms with Crippen molar-refractivity contribution < 1.29 is 13.2 Å². The molecule has 2 heterocycles. The number of ketones is 1. The average Bonchev–Trinajstić information content (AvgIpc) is 3.24. The maximum absolute atomic E-state index is 12.4. The van der Waals surface area contributed by atoms with E-state index in [0.29, 0.717) is 14.2 Å². The summed E-state index contributed by atoms with van der Waals surface area (Å²) >= 11 is 5.93. The molecule has 24 heavy (non-hydrogen) atoms. The van der Waals surface area contributed by atoms with Crippen molar-refractivity contribution in [3.8, 4) is 0 Å². The maximum atomic E-state index is 12.4. The van der Waals surface area contributed by atoms with Crippen LogP contribution in [0.4, 0.5) is 0 Å². The van der Waals surface area contributed by atoms with Gasteiger partial charge in [0.05, 0.1) is 14.6 Å². The van der Waals surface area contributed by atoms with E-state index >= 15 is 0 Å². The summed E-state index contributed by atoms with van der Waals surface area (Å²) in [6.07, 6.45) is 0. The first kappa shape index (κ1) is 17.5. The smallest absolute Gasteiger partial charge is 0.242 e. The summed E-state index contributed by atoms with van der Waals surface area (Å²) in [5.74, 6) is -0.0325. The number of rotatable bonds is 6. The van der Waals surface area contributed by atoms with E-state index in [0.717, 1.165) is 4.88 Å². The van der Waals surface area contributed by atoms with Gasteiger partial charge in [0.1, 0.15) is 0 Å². The molecule has 8 heteroatoms. The van der Waals surface area contributed by atoms with Gasteiger partial charge in [-0.2, -0.15) is 0 Å². The first-order valence-corrected chi connectivity index (χ1v) is 10.9. The van der Waals surface area contributed by atoms with Gasteiger partial charge in [-0.15, -0.1) is 22.7 Å². The zero-order valence-electron chi connectivity index (χ0n) is 12.2. The van der Waals surface area contributed by atoms with Gasteiger partial charge in [-0.25, -0.2) is 13.1 Å². The van der Waals surface area contributed by atoms with Crippen LogP contribution in [0.2, 0.25) is 0 Å². The third-order valence-corrected chi connectivity index (χ3v) is 7.56. The van der Waals surface area contributed by atoms with Gasteiger partial charge in [-0.3, -0.25) is 4.79 Å². The quantitative estimate of drug-likeness (QED) is 0.580. The van der Waals surface area contributed by atoms with Crippen LogP contribution >= 0.6 is 38.6 Å². The topological polar surface area (TPSA) is 63.2 Å². The Bertz CT molecular complexity index is 962. The molecule has 0 bridgehead atoms. The molecule has 0 saturated carbocycles. The monoisotopic (exact) mass is 441 g/mol. The van der Waals surface area contributed by atoms with E-state index in [1.807, 2.05) is 11.4 Å². The van der Waals surface area contributed by atoms with E-state index in [4.69, 9.17) is 0 Å². The third-order valence-electron chi connectivity index (χ3n) is 3.19. The number of hydrogen-bond acceptors (Lipinski definition) is 5. The highest BCUT2D eigenvalue weighted by molar-refractivity contribution is 9.10. The summed E-state index contributed by atoms with van der Waals surface area (Å²) < 4.78 is 27.8. The Morgan fingerprint density at radius 3 is 2.54 bits per heavy atom. The van der Waals surface area contributed by atoms with Gasteiger partial charge in [-0.05, 0) is 51.6 Å². The number of carbonyl (C=O) groups excluding carboxylic acids is 1. The Morgan fingerprint density at radius 1 is 1.04 bits per heavy atom. The summed E-state index contributed by atoms with van der Waals surface area (Å²) in [7, 11) is -3.62.